The molecule has 0 saturated carbocycles. The molecule has 4 heteroatoms. The van der Waals surface area contributed by atoms with Crippen LogP contribution in [0.2, 0.25) is 0 Å². The van der Waals surface area contributed by atoms with Gasteiger partial charge < -0.3 is 5.11 Å². The summed E-state index contributed by atoms with van der Waals surface area (Å²) >= 11 is 1.62. The highest BCUT2D eigenvalue weighted by atomic mass is 32.1. The SMILES string of the molecule is CN(Cc1ccccc1F)Cc1sccc1C#CCO. The third-order valence-electron chi connectivity index (χ3n) is 2.86. The van der Waals surface area contributed by atoms with Crippen molar-refractivity contribution in [1.82, 2.24) is 4.90 Å². The average molecular weight is 289 g/mol. The molecule has 2 nitrogen and oxygen atoms in total. The molecule has 0 aliphatic rings. The lowest BCUT2D eigenvalue weighted by atomic mass is 10.2. The molecule has 2 rings (SSSR count). The second-order valence-electron chi connectivity index (χ2n) is 4.48. The van der Waals surface area contributed by atoms with Gasteiger partial charge in [0, 0.05) is 29.1 Å². The Kier molecular flexibility index (Phi) is 5.31. The van der Waals surface area contributed by atoms with Gasteiger partial charge in [0.05, 0.1) is 0 Å². The summed E-state index contributed by atoms with van der Waals surface area (Å²) in [4.78, 5) is 3.18. The van der Waals surface area contributed by atoms with Crippen molar-refractivity contribution in [2.75, 3.05) is 13.7 Å². The maximum Gasteiger partial charge on any atom is 0.127 e. The van der Waals surface area contributed by atoms with Gasteiger partial charge in [-0.3, -0.25) is 4.90 Å². The highest BCUT2D eigenvalue weighted by Gasteiger charge is 2.08. The molecule has 0 fully saturated rings. The molecular weight excluding hydrogens is 273 g/mol. The molecule has 0 unspecified atom stereocenters. The Morgan fingerprint density at radius 3 is 2.80 bits per heavy atom. The minimum absolute atomic E-state index is 0.139. The van der Waals surface area contributed by atoms with Crippen LogP contribution in [0, 0.1) is 17.7 Å². The third kappa shape index (κ3) is 3.91. The topological polar surface area (TPSA) is 23.5 Å². The molecule has 0 aliphatic heterocycles. The monoisotopic (exact) mass is 289 g/mol. The normalized spacial score (nSPS) is 10.4. The molecule has 0 spiro atoms. The fourth-order valence-corrected chi connectivity index (χ4v) is 2.84. The van der Waals surface area contributed by atoms with Gasteiger partial charge in [-0.25, -0.2) is 4.39 Å². The second kappa shape index (κ2) is 7.20. The minimum atomic E-state index is -0.175. The maximum absolute atomic E-state index is 13.6. The van der Waals surface area contributed by atoms with Gasteiger partial charge in [0.25, 0.3) is 0 Å². The van der Waals surface area contributed by atoms with Gasteiger partial charge in [0.15, 0.2) is 0 Å². The fourth-order valence-electron chi connectivity index (χ4n) is 1.93. The molecule has 0 saturated heterocycles. The molecule has 1 N–H and O–H groups in total. The highest BCUT2D eigenvalue weighted by molar-refractivity contribution is 7.10. The number of nitrogens with zero attached hydrogens (tertiary/aromatic N) is 1. The van der Waals surface area contributed by atoms with Crippen LogP contribution in [-0.2, 0) is 13.1 Å². The predicted octanol–water partition coefficient (Wildman–Crippen LogP) is 2.86. The van der Waals surface area contributed by atoms with Gasteiger partial charge >= 0.3 is 0 Å². The average Bonchev–Trinajstić information content (AvgIpc) is 2.86. The molecule has 1 aromatic heterocycles. The Morgan fingerprint density at radius 1 is 1.25 bits per heavy atom. The summed E-state index contributed by atoms with van der Waals surface area (Å²) in [7, 11) is 1.95. The Hall–Kier alpha value is -1.67. The van der Waals surface area contributed by atoms with E-state index < -0.39 is 0 Å². The van der Waals surface area contributed by atoms with Crippen molar-refractivity contribution >= 4 is 11.3 Å². The highest BCUT2D eigenvalue weighted by Crippen LogP contribution is 2.19. The molecule has 0 amide bonds. The number of hydrogen-bond acceptors (Lipinski definition) is 3. The zero-order valence-corrected chi connectivity index (χ0v) is 12.1. The van der Waals surface area contributed by atoms with E-state index in [1.807, 2.05) is 29.5 Å². The molecule has 20 heavy (non-hydrogen) atoms. The van der Waals surface area contributed by atoms with Crippen molar-refractivity contribution in [3.8, 4) is 11.8 Å². The van der Waals surface area contributed by atoms with Crippen LogP contribution in [-0.4, -0.2) is 23.7 Å². The lowest BCUT2D eigenvalue weighted by Gasteiger charge is -2.16. The van der Waals surface area contributed by atoms with Gasteiger partial charge in [-0.15, -0.1) is 11.3 Å². The summed E-state index contributed by atoms with van der Waals surface area (Å²) in [6.07, 6.45) is 0. The Balaban J connectivity index is 2.03. The van der Waals surface area contributed by atoms with Crippen molar-refractivity contribution in [2.45, 2.75) is 13.1 Å². The standard InChI is InChI=1S/C16H16FNOS/c1-18(11-14-5-2-3-7-15(14)17)12-16-13(6-4-9-19)8-10-20-16/h2-3,5,7-8,10,19H,9,11-12H2,1H3. The van der Waals surface area contributed by atoms with E-state index in [-0.39, 0.29) is 12.4 Å². The zero-order valence-electron chi connectivity index (χ0n) is 11.3. The molecule has 0 atom stereocenters. The first-order chi connectivity index (χ1) is 9.70. The summed E-state index contributed by atoms with van der Waals surface area (Å²) in [5.41, 5.74) is 1.62. The number of aliphatic hydroxyl groups excluding tert-OH is 1. The van der Waals surface area contributed by atoms with Crippen LogP contribution in [0.3, 0.4) is 0 Å². The Bertz CT molecular complexity index is 627. The number of hydrogen-bond donors (Lipinski definition) is 1. The predicted molar refractivity (Wildman–Crippen MR) is 79.9 cm³/mol. The Morgan fingerprint density at radius 2 is 2.05 bits per heavy atom. The molecule has 0 bridgehead atoms. The maximum atomic E-state index is 13.6. The van der Waals surface area contributed by atoms with E-state index in [9.17, 15) is 4.39 Å². The smallest absolute Gasteiger partial charge is 0.127 e. The van der Waals surface area contributed by atoms with Gasteiger partial charge in [0.2, 0.25) is 0 Å². The zero-order chi connectivity index (χ0) is 14.4. The molecule has 1 heterocycles. The van der Waals surface area contributed by atoms with E-state index in [1.54, 1.807) is 23.5 Å². The third-order valence-corrected chi connectivity index (χ3v) is 3.76. The van der Waals surface area contributed by atoms with Crippen molar-refractivity contribution in [3.05, 3.63) is 57.5 Å². The van der Waals surface area contributed by atoms with Crippen LogP contribution in [0.4, 0.5) is 4.39 Å². The summed E-state index contributed by atoms with van der Waals surface area (Å²) in [5.74, 6) is 5.41. The van der Waals surface area contributed by atoms with Gasteiger partial charge in [0.1, 0.15) is 12.4 Å². The van der Waals surface area contributed by atoms with Crippen LogP contribution >= 0.6 is 11.3 Å². The number of aliphatic hydroxyl groups is 1. The van der Waals surface area contributed by atoms with Gasteiger partial charge in [-0.1, -0.05) is 30.0 Å². The molecule has 104 valence electrons. The quantitative estimate of drug-likeness (QED) is 0.875. The van der Waals surface area contributed by atoms with Crippen molar-refractivity contribution in [1.29, 1.82) is 0 Å². The van der Waals surface area contributed by atoms with Crippen LogP contribution < -0.4 is 0 Å². The molecule has 0 aliphatic carbocycles. The lowest BCUT2D eigenvalue weighted by molar-refractivity contribution is 0.316. The fraction of sp³-hybridized carbons (Fsp3) is 0.250. The van der Waals surface area contributed by atoms with Crippen molar-refractivity contribution in [2.24, 2.45) is 0 Å². The van der Waals surface area contributed by atoms with E-state index in [4.69, 9.17) is 5.11 Å². The first-order valence-corrected chi connectivity index (χ1v) is 7.16. The molecule has 2 aromatic rings. The second-order valence-corrected chi connectivity index (χ2v) is 5.48. The number of thiophene rings is 1. The minimum Gasteiger partial charge on any atom is -0.384 e. The Labute approximate surface area is 122 Å². The van der Waals surface area contributed by atoms with Crippen molar-refractivity contribution in [3.63, 3.8) is 0 Å². The van der Waals surface area contributed by atoms with E-state index in [1.165, 1.54) is 6.07 Å². The molecule has 0 radical (unpaired) electrons. The summed E-state index contributed by atoms with van der Waals surface area (Å²) < 4.78 is 13.6. The first kappa shape index (κ1) is 14.7. The van der Waals surface area contributed by atoms with Crippen LogP contribution in [0.1, 0.15) is 16.0 Å². The van der Waals surface area contributed by atoms with Crippen LogP contribution in [0.25, 0.3) is 0 Å². The summed E-state index contributed by atoms with van der Waals surface area (Å²) in [6, 6.07) is 8.76. The lowest BCUT2D eigenvalue weighted by Crippen LogP contribution is -2.17. The van der Waals surface area contributed by atoms with E-state index in [0.717, 1.165) is 10.4 Å². The van der Waals surface area contributed by atoms with Crippen LogP contribution in [0.5, 0.6) is 0 Å². The molecule has 1 aromatic carbocycles. The van der Waals surface area contributed by atoms with E-state index in [0.29, 0.717) is 18.7 Å². The van der Waals surface area contributed by atoms with E-state index >= 15 is 0 Å². The van der Waals surface area contributed by atoms with Crippen molar-refractivity contribution < 1.29 is 9.50 Å². The molecular formula is C16H16FNOS. The summed E-state index contributed by atoms with van der Waals surface area (Å²) in [5, 5.41) is 10.7. The number of rotatable bonds is 4. The largest absolute Gasteiger partial charge is 0.384 e. The van der Waals surface area contributed by atoms with Gasteiger partial charge in [-0.2, -0.15) is 0 Å². The first-order valence-electron chi connectivity index (χ1n) is 6.28. The van der Waals surface area contributed by atoms with Gasteiger partial charge in [-0.05, 0) is 24.6 Å². The summed E-state index contributed by atoms with van der Waals surface area (Å²) in [6.45, 7) is 1.12. The number of halogens is 1. The number of benzene rings is 1. The van der Waals surface area contributed by atoms with E-state index in [2.05, 4.69) is 11.8 Å². The van der Waals surface area contributed by atoms with Crippen LogP contribution in [0.15, 0.2) is 35.7 Å².